The summed E-state index contributed by atoms with van der Waals surface area (Å²) in [5.41, 5.74) is 6.59. The summed E-state index contributed by atoms with van der Waals surface area (Å²) in [4.78, 5) is 30.0. The Labute approximate surface area is 202 Å². The minimum Gasteiger partial charge on any atom is -0.368 e. The molecule has 1 aliphatic rings. The summed E-state index contributed by atoms with van der Waals surface area (Å²) in [6.45, 7) is 10.8. The van der Waals surface area contributed by atoms with Crippen LogP contribution in [-0.4, -0.2) is 60.9 Å². The largest absolute Gasteiger partial charge is 0.368 e. The van der Waals surface area contributed by atoms with Gasteiger partial charge >= 0.3 is 0 Å². The molecule has 0 aliphatic carbocycles. The quantitative estimate of drug-likeness (QED) is 0.216. The van der Waals surface area contributed by atoms with E-state index in [2.05, 4.69) is 39.7 Å². The summed E-state index contributed by atoms with van der Waals surface area (Å²) in [6.07, 6.45) is 3.87. The van der Waals surface area contributed by atoms with Crippen LogP contribution in [0.2, 0.25) is 0 Å². The predicted molar refractivity (Wildman–Crippen MR) is 136 cm³/mol. The molecule has 174 valence electrons. The van der Waals surface area contributed by atoms with E-state index in [0.717, 1.165) is 37.7 Å². The lowest BCUT2D eigenvalue weighted by molar-refractivity contribution is -0.117. The van der Waals surface area contributed by atoms with Gasteiger partial charge in [0, 0.05) is 24.2 Å². The van der Waals surface area contributed by atoms with Crippen LogP contribution < -0.4 is 21.7 Å². The third-order valence-electron chi connectivity index (χ3n) is 5.30. The van der Waals surface area contributed by atoms with Gasteiger partial charge in [-0.3, -0.25) is 14.5 Å². The first-order valence-corrected chi connectivity index (χ1v) is 10.7. The number of benzene rings is 1. The fourth-order valence-corrected chi connectivity index (χ4v) is 3.45. The standard InChI is InChI=1S/C22H36N6O2.HI/c1-4-24-21(27-16-22(2,3)28-12-6-5-7-13-28)26-14-17-8-10-18(11-9-17)20(30)25-15-19(23)29;/h8-11H,4-7,12-16H2,1-3H3,(H2,23,29)(H,25,30)(H2,24,26,27);1H. The molecule has 2 amide bonds. The summed E-state index contributed by atoms with van der Waals surface area (Å²) in [6, 6.07) is 7.18. The van der Waals surface area contributed by atoms with Crippen LogP contribution in [0.3, 0.4) is 0 Å². The van der Waals surface area contributed by atoms with Crippen LogP contribution in [-0.2, 0) is 11.3 Å². The summed E-state index contributed by atoms with van der Waals surface area (Å²) < 4.78 is 0. The maximum absolute atomic E-state index is 12.0. The number of halogens is 1. The van der Waals surface area contributed by atoms with E-state index >= 15 is 0 Å². The van der Waals surface area contributed by atoms with E-state index in [9.17, 15) is 9.59 Å². The van der Waals surface area contributed by atoms with E-state index in [1.54, 1.807) is 12.1 Å². The Morgan fingerprint density at radius 2 is 1.71 bits per heavy atom. The summed E-state index contributed by atoms with van der Waals surface area (Å²) in [5.74, 6) is -0.106. The normalized spacial score (nSPS) is 15.0. The number of nitrogens with one attached hydrogen (secondary N) is 3. The highest BCUT2D eigenvalue weighted by atomic mass is 127. The lowest BCUT2D eigenvalue weighted by Crippen LogP contribution is -2.54. The molecule has 0 unspecified atom stereocenters. The first-order valence-electron chi connectivity index (χ1n) is 10.7. The molecule has 1 heterocycles. The van der Waals surface area contributed by atoms with Gasteiger partial charge in [-0.2, -0.15) is 0 Å². The van der Waals surface area contributed by atoms with Gasteiger partial charge in [0.25, 0.3) is 5.91 Å². The second kappa shape index (κ2) is 13.5. The molecule has 1 fully saturated rings. The Morgan fingerprint density at radius 1 is 1.06 bits per heavy atom. The molecule has 5 N–H and O–H groups in total. The number of guanidine groups is 1. The molecular formula is C22H37IN6O2. The first-order chi connectivity index (χ1) is 14.3. The zero-order valence-corrected chi connectivity index (χ0v) is 21.2. The summed E-state index contributed by atoms with van der Waals surface area (Å²) in [7, 11) is 0. The fraction of sp³-hybridized carbons (Fsp3) is 0.591. The minimum atomic E-state index is -0.568. The predicted octanol–water partition coefficient (Wildman–Crippen LogP) is 1.84. The number of rotatable bonds is 9. The average Bonchev–Trinajstić information content (AvgIpc) is 2.75. The topological polar surface area (TPSA) is 112 Å². The second-order valence-electron chi connectivity index (χ2n) is 8.25. The zero-order chi connectivity index (χ0) is 22.0. The number of hydrogen-bond acceptors (Lipinski definition) is 4. The third kappa shape index (κ3) is 9.42. The van der Waals surface area contributed by atoms with Gasteiger partial charge in [0.05, 0.1) is 13.1 Å². The van der Waals surface area contributed by atoms with Crippen LogP contribution in [0.25, 0.3) is 0 Å². The number of hydrogen-bond donors (Lipinski definition) is 4. The van der Waals surface area contributed by atoms with Gasteiger partial charge in [0.15, 0.2) is 5.96 Å². The zero-order valence-electron chi connectivity index (χ0n) is 18.9. The van der Waals surface area contributed by atoms with Gasteiger partial charge in [0.2, 0.25) is 5.91 Å². The Morgan fingerprint density at radius 3 is 2.29 bits per heavy atom. The number of amides is 2. The van der Waals surface area contributed by atoms with Crippen LogP contribution in [0.15, 0.2) is 29.3 Å². The highest BCUT2D eigenvalue weighted by Gasteiger charge is 2.27. The molecule has 9 heteroatoms. The van der Waals surface area contributed by atoms with Crippen LogP contribution in [0.1, 0.15) is 56.0 Å². The molecule has 1 aromatic carbocycles. The second-order valence-corrected chi connectivity index (χ2v) is 8.25. The van der Waals surface area contributed by atoms with Gasteiger partial charge in [-0.25, -0.2) is 4.99 Å². The fourth-order valence-electron chi connectivity index (χ4n) is 3.45. The molecule has 0 atom stereocenters. The third-order valence-corrected chi connectivity index (χ3v) is 5.30. The smallest absolute Gasteiger partial charge is 0.251 e. The highest BCUT2D eigenvalue weighted by molar-refractivity contribution is 14.0. The van der Waals surface area contributed by atoms with Crippen molar-refractivity contribution in [2.45, 2.75) is 52.1 Å². The minimum absolute atomic E-state index is 0. The monoisotopic (exact) mass is 544 g/mol. The molecule has 0 aromatic heterocycles. The van der Waals surface area contributed by atoms with E-state index < -0.39 is 5.91 Å². The lowest BCUT2D eigenvalue weighted by Gasteiger charge is -2.41. The Balaban J connectivity index is 0.00000480. The van der Waals surface area contributed by atoms with Crippen LogP contribution >= 0.6 is 24.0 Å². The van der Waals surface area contributed by atoms with Crippen LogP contribution in [0, 0.1) is 0 Å². The SMILES string of the molecule is CCNC(=NCc1ccc(C(=O)NCC(N)=O)cc1)NCC(C)(C)N1CCCCC1.I. The maximum Gasteiger partial charge on any atom is 0.251 e. The molecule has 0 bridgehead atoms. The van der Waals surface area contributed by atoms with Crippen molar-refractivity contribution in [2.75, 3.05) is 32.7 Å². The number of piperidine rings is 1. The van der Waals surface area contributed by atoms with Crippen molar-refractivity contribution in [1.82, 2.24) is 20.9 Å². The Hall–Kier alpha value is -1.88. The van der Waals surface area contributed by atoms with Crippen molar-refractivity contribution < 1.29 is 9.59 Å². The molecule has 2 rings (SSSR count). The number of nitrogens with two attached hydrogens (primary N) is 1. The molecular weight excluding hydrogens is 507 g/mol. The molecule has 1 aliphatic heterocycles. The van der Waals surface area contributed by atoms with Gasteiger partial charge in [-0.1, -0.05) is 18.6 Å². The van der Waals surface area contributed by atoms with Gasteiger partial charge in [-0.05, 0) is 64.4 Å². The van der Waals surface area contributed by atoms with Crippen LogP contribution in [0.5, 0.6) is 0 Å². The molecule has 1 aromatic rings. The number of nitrogens with zero attached hydrogens (tertiary/aromatic N) is 2. The van der Waals surface area contributed by atoms with Crippen molar-refractivity contribution >= 4 is 41.8 Å². The van der Waals surface area contributed by atoms with E-state index in [-0.39, 0.29) is 42.0 Å². The van der Waals surface area contributed by atoms with Crippen LogP contribution in [0.4, 0.5) is 0 Å². The van der Waals surface area contributed by atoms with Crippen molar-refractivity contribution in [1.29, 1.82) is 0 Å². The molecule has 0 radical (unpaired) electrons. The first kappa shape index (κ1) is 27.2. The summed E-state index contributed by atoms with van der Waals surface area (Å²) in [5, 5.41) is 9.25. The van der Waals surface area contributed by atoms with Crippen molar-refractivity contribution in [3.8, 4) is 0 Å². The molecule has 8 nitrogen and oxygen atoms in total. The van der Waals surface area contributed by atoms with Gasteiger partial charge < -0.3 is 21.7 Å². The van der Waals surface area contributed by atoms with Crippen molar-refractivity contribution in [3.05, 3.63) is 35.4 Å². The Kier molecular flexibility index (Phi) is 11.8. The maximum atomic E-state index is 12.0. The van der Waals surface area contributed by atoms with E-state index in [4.69, 9.17) is 5.73 Å². The van der Waals surface area contributed by atoms with Gasteiger partial charge in [-0.15, -0.1) is 24.0 Å². The van der Waals surface area contributed by atoms with Crippen molar-refractivity contribution in [2.24, 2.45) is 10.7 Å². The number of likely N-dealkylation sites (tertiary alicyclic amines) is 1. The molecule has 0 saturated carbocycles. The van der Waals surface area contributed by atoms with E-state index in [1.165, 1.54) is 19.3 Å². The van der Waals surface area contributed by atoms with Gasteiger partial charge in [0.1, 0.15) is 0 Å². The number of aliphatic imine (C=N–C) groups is 1. The van der Waals surface area contributed by atoms with Crippen molar-refractivity contribution in [3.63, 3.8) is 0 Å². The number of primary amides is 1. The average molecular weight is 544 g/mol. The highest BCUT2D eigenvalue weighted by Crippen LogP contribution is 2.19. The number of carbonyl (C=O) groups excluding carboxylic acids is 2. The Bertz CT molecular complexity index is 730. The summed E-state index contributed by atoms with van der Waals surface area (Å²) >= 11 is 0. The molecule has 31 heavy (non-hydrogen) atoms. The van der Waals surface area contributed by atoms with E-state index in [0.29, 0.717) is 12.1 Å². The number of carbonyl (C=O) groups is 2. The van der Waals surface area contributed by atoms with E-state index in [1.807, 2.05) is 19.1 Å². The lowest BCUT2D eigenvalue weighted by atomic mass is 9.98. The molecule has 1 saturated heterocycles. The molecule has 0 spiro atoms.